The molecule has 128 valence electrons. The molecule has 0 unspecified atom stereocenters. The third kappa shape index (κ3) is 3.47. The van der Waals surface area contributed by atoms with Crippen LogP contribution in [0.3, 0.4) is 0 Å². The number of aryl methyl sites for hydroxylation is 1. The lowest BCUT2D eigenvalue weighted by Gasteiger charge is -2.10. The predicted molar refractivity (Wildman–Crippen MR) is 96.8 cm³/mol. The summed E-state index contributed by atoms with van der Waals surface area (Å²) in [6.45, 7) is 1.75. The predicted octanol–water partition coefficient (Wildman–Crippen LogP) is 3.11. The number of carbonyl (C=O) groups excluding carboxylic acids is 1. The molecule has 0 aliphatic carbocycles. The van der Waals surface area contributed by atoms with Gasteiger partial charge in [-0.2, -0.15) is 0 Å². The quantitative estimate of drug-likeness (QED) is 0.766. The van der Waals surface area contributed by atoms with Gasteiger partial charge < -0.3 is 19.8 Å². The first-order valence-electron chi connectivity index (χ1n) is 7.68. The second-order valence-corrected chi connectivity index (χ2v) is 5.64. The average molecular weight is 338 g/mol. The highest BCUT2D eigenvalue weighted by Crippen LogP contribution is 2.24. The fourth-order valence-electron chi connectivity index (χ4n) is 2.53. The number of carbonyl (C=O) groups is 1. The molecule has 25 heavy (non-hydrogen) atoms. The summed E-state index contributed by atoms with van der Waals surface area (Å²) in [5, 5.41) is 3.72. The number of hydrogen-bond acceptors (Lipinski definition) is 4. The number of nitrogens with one attached hydrogen (secondary N) is 2. The van der Waals surface area contributed by atoms with Crippen LogP contribution in [-0.2, 0) is 0 Å². The number of aromatic amines is 1. The highest BCUT2D eigenvalue weighted by Gasteiger charge is 2.11. The summed E-state index contributed by atoms with van der Waals surface area (Å²) in [5.74, 6) is 0.761. The first-order valence-corrected chi connectivity index (χ1v) is 7.68. The van der Waals surface area contributed by atoms with Gasteiger partial charge in [-0.25, -0.2) is 0 Å². The maximum absolute atomic E-state index is 12.5. The summed E-state index contributed by atoms with van der Waals surface area (Å²) < 4.78 is 10.4. The zero-order valence-corrected chi connectivity index (χ0v) is 14.2. The first kappa shape index (κ1) is 16.6. The van der Waals surface area contributed by atoms with Crippen molar-refractivity contribution in [3.8, 4) is 11.5 Å². The van der Waals surface area contributed by atoms with E-state index in [1.54, 1.807) is 37.3 Å². The van der Waals surface area contributed by atoms with E-state index in [4.69, 9.17) is 9.47 Å². The fourth-order valence-corrected chi connectivity index (χ4v) is 2.53. The molecule has 3 rings (SSSR count). The number of aromatic nitrogens is 1. The summed E-state index contributed by atoms with van der Waals surface area (Å²) in [4.78, 5) is 27.1. The van der Waals surface area contributed by atoms with E-state index in [0.29, 0.717) is 33.8 Å². The third-order valence-electron chi connectivity index (χ3n) is 3.90. The molecule has 3 aromatic rings. The Morgan fingerprint density at radius 3 is 2.32 bits per heavy atom. The van der Waals surface area contributed by atoms with E-state index in [9.17, 15) is 9.59 Å². The molecule has 2 N–H and O–H groups in total. The van der Waals surface area contributed by atoms with E-state index in [0.717, 1.165) is 5.39 Å². The maximum atomic E-state index is 12.5. The molecule has 6 nitrogen and oxygen atoms in total. The second-order valence-electron chi connectivity index (χ2n) is 5.64. The Balaban J connectivity index is 1.91. The van der Waals surface area contributed by atoms with Crippen LogP contribution in [0.2, 0.25) is 0 Å². The lowest BCUT2D eigenvalue weighted by atomic mass is 10.1. The highest BCUT2D eigenvalue weighted by atomic mass is 16.5. The number of H-pyrrole nitrogens is 1. The minimum atomic E-state index is -0.300. The molecule has 0 spiro atoms. The molecule has 1 heterocycles. The molecule has 2 aromatic carbocycles. The molecule has 0 radical (unpaired) electrons. The molecule has 0 aliphatic heterocycles. The summed E-state index contributed by atoms with van der Waals surface area (Å²) >= 11 is 0. The number of hydrogen-bond donors (Lipinski definition) is 2. The van der Waals surface area contributed by atoms with E-state index in [-0.39, 0.29) is 11.5 Å². The summed E-state index contributed by atoms with van der Waals surface area (Å²) in [6, 6.07) is 12.1. The number of methoxy groups -OCH3 is 2. The van der Waals surface area contributed by atoms with Crippen LogP contribution >= 0.6 is 0 Å². The number of anilines is 1. The minimum absolute atomic E-state index is 0.145. The molecule has 6 heteroatoms. The van der Waals surface area contributed by atoms with Crippen molar-refractivity contribution in [2.75, 3.05) is 19.5 Å². The number of pyridine rings is 1. The van der Waals surface area contributed by atoms with E-state index in [1.165, 1.54) is 14.2 Å². The number of benzene rings is 2. The lowest BCUT2D eigenvalue weighted by molar-refractivity contribution is 0.102. The van der Waals surface area contributed by atoms with Crippen molar-refractivity contribution >= 4 is 22.5 Å². The zero-order valence-electron chi connectivity index (χ0n) is 14.2. The molecule has 1 aromatic heterocycles. The smallest absolute Gasteiger partial charge is 0.255 e. The Morgan fingerprint density at radius 1 is 1.00 bits per heavy atom. The van der Waals surface area contributed by atoms with Crippen molar-refractivity contribution in [1.82, 2.24) is 4.98 Å². The maximum Gasteiger partial charge on any atom is 0.255 e. The Bertz CT molecular complexity index is 986. The molecule has 0 bridgehead atoms. The molecule has 0 aliphatic rings. The van der Waals surface area contributed by atoms with Gasteiger partial charge in [0.15, 0.2) is 0 Å². The third-order valence-corrected chi connectivity index (χ3v) is 3.90. The minimum Gasteiger partial charge on any atom is -0.497 e. The molecular weight excluding hydrogens is 320 g/mol. The van der Waals surface area contributed by atoms with Gasteiger partial charge in [-0.15, -0.1) is 0 Å². The fraction of sp³-hybridized carbons (Fsp3) is 0.158. The van der Waals surface area contributed by atoms with Crippen LogP contribution in [0, 0.1) is 6.92 Å². The largest absolute Gasteiger partial charge is 0.497 e. The Morgan fingerprint density at radius 2 is 1.68 bits per heavy atom. The van der Waals surface area contributed by atoms with E-state index in [1.807, 2.05) is 12.1 Å². The molecule has 1 amide bonds. The molecule has 0 fully saturated rings. The molecular formula is C19H18N2O4. The van der Waals surface area contributed by atoms with Crippen LogP contribution in [0.5, 0.6) is 11.5 Å². The van der Waals surface area contributed by atoms with Gasteiger partial charge in [-0.3, -0.25) is 9.59 Å². The first-order chi connectivity index (χ1) is 12.0. The number of ether oxygens (including phenoxy) is 2. The van der Waals surface area contributed by atoms with E-state index in [2.05, 4.69) is 10.3 Å². The zero-order chi connectivity index (χ0) is 18.0. The van der Waals surface area contributed by atoms with Crippen LogP contribution in [0.1, 0.15) is 15.9 Å². The van der Waals surface area contributed by atoms with Crippen LogP contribution in [-0.4, -0.2) is 25.1 Å². The Hall–Kier alpha value is -3.28. The van der Waals surface area contributed by atoms with Crippen LogP contribution in [0.15, 0.2) is 47.3 Å². The van der Waals surface area contributed by atoms with Crippen molar-refractivity contribution in [3.05, 3.63) is 63.9 Å². The number of rotatable bonds is 4. The van der Waals surface area contributed by atoms with Gasteiger partial charge in [0.2, 0.25) is 0 Å². The van der Waals surface area contributed by atoms with Crippen molar-refractivity contribution < 1.29 is 14.3 Å². The molecule has 0 atom stereocenters. The van der Waals surface area contributed by atoms with Crippen LogP contribution < -0.4 is 20.3 Å². The van der Waals surface area contributed by atoms with Gasteiger partial charge in [0.05, 0.1) is 19.7 Å². The van der Waals surface area contributed by atoms with Crippen molar-refractivity contribution in [2.24, 2.45) is 0 Å². The standard InChI is InChI=1S/C19H18N2O4/c1-11-6-12-4-5-14(9-17(12)21-18(11)22)20-19(23)13-7-15(24-2)10-16(8-13)25-3/h4-10H,1-3H3,(H,20,23)(H,21,22). The topological polar surface area (TPSA) is 80.4 Å². The van der Waals surface area contributed by atoms with Gasteiger partial charge in [-0.05, 0) is 42.6 Å². The van der Waals surface area contributed by atoms with Gasteiger partial charge >= 0.3 is 0 Å². The Labute approximate surface area is 144 Å². The van der Waals surface area contributed by atoms with Gasteiger partial charge in [0.25, 0.3) is 11.5 Å². The number of amides is 1. The van der Waals surface area contributed by atoms with Crippen LogP contribution in [0.25, 0.3) is 10.9 Å². The van der Waals surface area contributed by atoms with Gasteiger partial charge in [0, 0.05) is 22.9 Å². The molecule has 0 saturated carbocycles. The van der Waals surface area contributed by atoms with Crippen molar-refractivity contribution in [1.29, 1.82) is 0 Å². The van der Waals surface area contributed by atoms with Crippen molar-refractivity contribution in [3.63, 3.8) is 0 Å². The number of fused-ring (bicyclic) bond motifs is 1. The highest BCUT2D eigenvalue weighted by molar-refractivity contribution is 6.05. The normalized spacial score (nSPS) is 10.5. The van der Waals surface area contributed by atoms with Crippen LogP contribution in [0.4, 0.5) is 5.69 Å². The summed E-state index contributed by atoms with van der Waals surface area (Å²) in [6.07, 6.45) is 0. The average Bonchev–Trinajstić information content (AvgIpc) is 2.62. The lowest BCUT2D eigenvalue weighted by Crippen LogP contribution is -2.13. The van der Waals surface area contributed by atoms with Gasteiger partial charge in [-0.1, -0.05) is 6.07 Å². The monoisotopic (exact) mass is 338 g/mol. The van der Waals surface area contributed by atoms with Gasteiger partial charge in [0.1, 0.15) is 11.5 Å². The summed E-state index contributed by atoms with van der Waals surface area (Å²) in [7, 11) is 3.05. The SMILES string of the molecule is COc1cc(OC)cc(C(=O)Nc2ccc3cc(C)c(=O)[nH]c3c2)c1. The summed E-state index contributed by atoms with van der Waals surface area (Å²) in [5.41, 5.74) is 2.16. The van der Waals surface area contributed by atoms with Crippen molar-refractivity contribution in [2.45, 2.75) is 6.92 Å². The molecule has 0 saturated heterocycles. The van der Waals surface area contributed by atoms with E-state index < -0.39 is 0 Å². The van der Waals surface area contributed by atoms with E-state index >= 15 is 0 Å². The second kappa shape index (κ2) is 6.68. The Kier molecular flexibility index (Phi) is 4.43.